The van der Waals surface area contributed by atoms with Crippen LogP contribution in [0.1, 0.15) is 60.0 Å². The topological polar surface area (TPSA) is 49.3 Å². The second-order valence-electron chi connectivity index (χ2n) is 5.55. The fourth-order valence-electron chi connectivity index (χ4n) is 2.78. The third kappa shape index (κ3) is 4.87. The molecule has 0 radical (unpaired) electrons. The van der Waals surface area contributed by atoms with Crippen LogP contribution < -0.4 is 5.32 Å². The number of thiophene rings is 1. The van der Waals surface area contributed by atoms with Crippen LogP contribution >= 0.6 is 11.3 Å². The lowest BCUT2D eigenvalue weighted by Gasteiger charge is -2.28. The standard InChI is InChI=1S/C17H23NO2S/c1-2-13-6-5-7-14(12-13)18-17(20)16-10-9-15(21-16)8-3-4-11-19/h9-10,13-14,19H,2,4-7,11-12H2,1H3,(H,18,20). The molecule has 1 aromatic rings. The summed E-state index contributed by atoms with van der Waals surface area (Å²) in [7, 11) is 0. The molecule has 2 N–H and O–H groups in total. The van der Waals surface area contributed by atoms with Crippen molar-refractivity contribution in [1.82, 2.24) is 5.32 Å². The number of hydrogen-bond donors (Lipinski definition) is 2. The van der Waals surface area contributed by atoms with Gasteiger partial charge in [-0.05, 0) is 30.9 Å². The molecule has 2 unspecified atom stereocenters. The summed E-state index contributed by atoms with van der Waals surface area (Å²) in [5.41, 5.74) is 0. The van der Waals surface area contributed by atoms with Gasteiger partial charge in [0.15, 0.2) is 0 Å². The van der Waals surface area contributed by atoms with Crippen molar-refractivity contribution >= 4 is 17.2 Å². The maximum atomic E-state index is 12.3. The number of rotatable bonds is 4. The molecule has 4 heteroatoms. The summed E-state index contributed by atoms with van der Waals surface area (Å²) in [5, 5.41) is 11.9. The Bertz CT molecular complexity index is 526. The molecule has 1 aliphatic carbocycles. The van der Waals surface area contributed by atoms with E-state index in [-0.39, 0.29) is 12.5 Å². The summed E-state index contributed by atoms with van der Waals surface area (Å²) in [6.45, 7) is 2.30. The Morgan fingerprint density at radius 3 is 3.10 bits per heavy atom. The van der Waals surface area contributed by atoms with Crippen molar-refractivity contribution in [2.75, 3.05) is 6.61 Å². The second-order valence-corrected chi connectivity index (χ2v) is 6.63. The van der Waals surface area contributed by atoms with E-state index in [1.165, 1.54) is 30.6 Å². The van der Waals surface area contributed by atoms with Gasteiger partial charge in [0.2, 0.25) is 0 Å². The highest BCUT2D eigenvalue weighted by Crippen LogP contribution is 2.27. The van der Waals surface area contributed by atoms with Crippen LogP contribution in [0.5, 0.6) is 0 Å². The van der Waals surface area contributed by atoms with Crippen molar-refractivity contribution in [2.45, 2.75) is 51.5 Å². The molecule has 0 saturated heterocycles. The lowest BCUT2D eigenvalue weighted by Crippen LogP contribution is -2.38. The van der Waals surface area contributed by atoms with Gasteiger partial charge in [0.1, 0.15) is 0 Å². The number of carbonyl (C=O) groups is 1. The zero-order valence-electron chi connectivity index (χ0n) is 12.5. The molecule has 21 heavy (non-hydrogen) atoms. The van der Waals surface area contributed by atoms with E-state index in [1.54, 1.807) is 0 Å². The first-order valence-corrected chi connectivity index (χ1v) is 8.55. The molecule has 114 valence electrons. The molecule has 1 amide bonds. The summed E-state index contributed by atoms with van der Waals surface area (Å²) in [6, 6.07) is 4.03. The minimum absolute atomic E-state index is 0.0250. The van der Waals surface area contributed by atoms with Crippen LogP contribution in [0.25, 0.3) is 0 Å². The van der Waals surface area contributed by atoms with Crippen molar-refractivity contribution in [3.8, 4) is 11.8 Å². The van der Waals surface area contributed by atoms with Crippen LogP contribution in [0.15, 0.2) is 12.1 Å². The predicted octanol–water partition coefficient (Wildman–Crippen LogP) is 3.18. The zero-order valence-corrected chi connectivity index (χ0v) is 13.3. The molecule has 1 aromatic heterocycles. The number of amides is 1. The van der Waals surface area contributed by atoms with Crippen LogP contribution in [0, 0.1) is 17.8 Å². The van der Waals surface area contributed by atoms with Gasteiger partial charge in [-0.3, -0.25) is 4.79 Å². The molecule has 0 aliphatic heterocycles. The molecule has 1 saturated carbocycles. The van der Waals surface area contributed by atoms with Crippen LogP contribution in [-0.2, 0) is 0 Å². The minimum atomic E-state index is 0.0250. The van der Waals surface area contributed by atoms with Crippen molar-refractivity contribution in [3.05, 3.63) is 21.9 Å². The van der Waals surface area contributed by atoms with Gasteiger partial charge in [0.25, 0.3) is 5.91 Å². The predicted molar refractivity (Wildman–Crippen MR) is 86.4 cm³/mol. The largest absolute Gasteiger partial charge is 0.395 e. The Kier molecular flexibility index (Phi) is 6.28. The maximum Gasteiger partial charge on any atom is 0.261 e. The summed E-state index contributed by atoms with van der Waals surface area (Å²) < 4.78 is 0. The van der Waals surface area contributed by atoms with Gasteiger partial charge in [-0.25, -0.2) is 0 Å². The van der Waals surface area contributed by atoms with Gasteiger partial charge >= 0.3 is 0 Å². The highest BCUT2D eigenvalue weighted by atomic mass is 32.1. The van der Waals surface area contributed by atoms with Crippen molar-refractivity contribution in [1.29, 1.82) is 0 Å². The second kappa shape index (κ2) is 8.21. The SMILES string of the molecule is CCC1CCCC(NC(=O)c2ccc(C#CCCO)s2)C1. The molecular formula is C17H23NO2S. The number of aliphatic hydroxyl groups is 1. The molecule has 1 aliphatic rings. The molecular weight excluding hydrogens is 282 g/mol. The molecule has 0 aromatic carbocycles. The fourth-order valence-corrected chi connectivity index (χ4v) is 3.57. The normalized spacial score (nSPS) is 21.4. The van der Waals surface area contributed by atoms with Gasteiger partial charge in [-0.2, -0.15) is 0 Å². The molecule has 2 atom stereocenters. The number of hydrogen-bond acceptors (Lipinski definition) is 3. The Hall–Kier alpha value is -1.31. The van der Waals surface area contributed by atoms with Gasteiger partial charge in [0, 0.05) is 12.5 Å². The van der Waals surface area contributed by atoms with Crippen LogP contribution in [0.4, 0.5) is 0 Å². The van der Waals surface area contributed by atoms with Crippen LogP contribution in [0.2, 0.25) is 0 Å². The summed E-state index contributed by atoms with van der Waals surface area (Å²) in [6.07, 6.45) is 6.39. The van der Waals surface area contributed by atoms with E-state index in [1.807, 2.05) is 12.1 Å². The Morgan fingerprint density at radius 2 is 2.33 bits per heavy atom. The lowest BCUT2D eigenvalue weighted by molar-refractivity contribution is 0.0923. The number of nitrogens with one attached hydrogen (secondary N) is 1. The van der Waals surface area contributed by atoms with E-state index in [0.29, 0.717) is 12.5 Å². The van der Waals surface area contributed by atoms with Crippen molar-refractivity contribution in [2.24, 2.45) is 5.92 Å². The Balaban J connectivity index is 1.90. The van der Waals surface area contributed by atoms with E-state index in [0.717, 1.165) is 28.5 Å². The quantitative estimate of drug-likeness (QED) is 0.839. The average Bonchev–Trinajstić information content (AvgIpc) is 2.97. The number of aliphatic hydroxyl groups excluding tert-OH is 1. The van der Waals surface area contributed by atoms with E-state index < -0.39 is 0 Å². The van der Waals surface area contributed by atoms with E-state index in [4.69, 9.17) is 5.11 Å². The summed E-state index contributed by atoms with van der Waals surface area (Å²) in [4.78, 5) is 13.9. The number of carbonyl (C=O) groups excluding carboxylic acids is 1. The van der Waals surface area contributed by atoms with E-state index in [2.05, 4.69) is 24.1 Å². The van der Waals surface area contributed by atoms with Crippen LogP contribution in [0.3, 0.4) is 0 Å². The monoisotopic (exact) mass is 305 g/mol. The highest BCUT2D eigenvalue weighted by molar-refractivity contribution is 7.14. The smallest absolute Gasteiger partial charge is 0.261 e. The lowest BCUT2D eigenvalue weighted by atomic mass is 9.84. The van der Waals surface area contributed by atoms with Crippen molar-refractivity contribution in [3.63, 3.8) is 0 Å². The molecule has 2 rings (SSSR count). The molecule has 0 spiro atoms. The van der Waals surface area contributed by atoms with Crippen LogP contribution in [-0.4, -0.2) is 23.7 Å². The first-order valence-electron chi connectivity index (χ1n) is 7.73. The first-order chi connectivity index (χ1) is 10.2. The van der Waals surface area contributed by atoms with Gasteiger partial charge in [0.05, 0.1) is 16.4 Å². The van der Waals surface area contributed by atoms with E-state index in [9.17, 15) is 4.79 Å². The third-order valence-corrected chi connectivity index (χ3v) is 4.97. The minimum Gasteiger partial charge on any atom is -0.395 e. The molecule has 1 fully saturated rings. The fraction of sp³-hybridized carbons (Fsp3) is 0.588. The first kappa shape index (κ1) is 16.1. The maximum absolute atomic E-state index is 12.3. The van der Waals surface area contributed by atoms with Gasteiger partial charge in [-0.1, -0.05) is 38.0 Å². The summed E-state index contributed by atoms with van der Waals surface area (Å²) >= 11 is 1.42. The highest BCUT2D eigenvalue weighted by Gasteiger charge is 2.22. The van der Waals surface area contributed by atoms with E-state index >= 15 is 0 Å². The average molecular weight is 305 g/mol. The molecule has 3 nitrogen and oxygen atoms in total. The molecule has 1 heterocycles. The molecule has 0 bridgehead atoms. The Labute approximate surface area is 130 Å². The third-order valence-electron chi connectivity index (χ3n) is 3.97. The van der Waals surface area contributed by atoms with Crippen molar-refractivity contribution < 1.29 is 9.90 Å². The Morgan fingerprint density at radius 1 is 1.48 bits per heavy atom. The van der Waals surface area contributed by atoms with Gasteiger partial charge in [-0.15, -0.1) is 11.3 Å². The van der Waals surface area contributed by atoms with Gasteiger partial charge < -0.3 is 10.4 Å². The summed E-state index contributed by atoms with van der Waals surface area (Å²) in [5.74, 6) is 6.63. The zero-order chi connectivity index (χ0) is 15.1.